The van der Waals surface area contributed by atoms with E-state index in [4.69, 9.17) is 11.6 Å². The quantitative estimate of drug-likeness (QED) is 0.528. The molecule has 0 bridgehead atoms. The SMILES string of the molecule is O=C(NCc1cccnc1)N[C@H]1CC[C@H](CNS(=O)(=O)c2cc(C(F)(F)F)ccc2Cl)CC1. The van der Waals surface area contributed by atoms with Crippen molar-refractivity contribution in [3.63, 3.8) is 0 Å². The van der Waals surface area contributed by atoms with Crippen LogP contribution in [0.4, 0.5) is 18.0 Å². The monoisotopic (exact) mass is 504 g/mol. The van der Waals surface area contributed by atoms with E-state index in [1.54, 1.807) is 18.5 Å². The number of carbonyl (C=O) groups is 1. The Hall–Kier alpha value is -2.37. The first kappa shape index (κ1) is 25.3. The lowest BCUT2D eigenvalue weighted by Gasteiger charge is -2.29. The fourth-order valence-corrected chi connectivity index (χ4v) is 5.26. The number of halogens is 4. The van der Waals surface area contributed by atoms with E-state index in [0.29, 0.717) is 38.3 Å². The van der Waals surface area contributed by atoms with Crippen molar-refractivity contribution in [3.05, 3.63) is 58.9 Å². The van der Waals surface area contributed by atoms with Gasteiger partial charge in [0.2, 0.25) is 10.0 Å². The fraction of sp³-hybridized carbons (Fsp3) is 0.429. The Morgan fingerprint density at radius 2 is 1.88 bits per heavy atom. The molecular weight excluding hydrogens is 481 g/mol. The normalized spacial score (nSPS) is 19.2. The smallest absolute Gasteiger partial charge is 0.335 e. The third-order valence-corrected chi connectivity index (χ3v) is 7.37. The number of rotatable bonds is 7. The first-order chi connectivity index (χ1) is 15.5. The van der Waals surface area contributed by atoms with E-state index in [2.05, 4.69) is 20.3 Å². The summed E-state index contributed by atoms with van der Waals surface area (Å²) in [6.45, 7) is 0.434. The first-order valence-electron chi connectivity index (χ1n) is 10.3. The van der Waals surface area contributed by atoms with Gasteiger partial charge in [0.1, 0.15) is 4.90 Å². The van der Waals surface area contributed by atoms with Gasteiger partial charge in [-0.3, -0.25) is 4.98 Å². The van der Waals surface area contributed by atoms with Crippen molar-refractivity contribution in [1.82, 2.24) is 20.3 Å². The van der Waals surface area contributed by atoms with Crippen LogP contribution >= 0.6 is 11.6 Å². The Labute approximate surface area is 195 Å². The van der Waals surface area contributed by atoms with Crippen LogP contribution in [0.2, 0.25) is 5.02 Å². The summed E-state index contributed by atoms with van der Waals surface area (Å²) in [6.07, 6.45) is 1.28. The predicted molar refractivity (Wildman–Crippen MR) is 117 cm³/mol. The molecule has 2 aromatic rings. The van der Waals surface area contributed by atoms with Gasteiger partial charge in [-0.1, -0.05) is 17.7 Å². The minimum Gasteiger partial charge on any atom is -0.335 e. The van der Waals surface area contributed by atoms with Gasteiger partial charge in [-0.15, -0.1) is 0 Å². The molecular formula is C21H24ClF3N4O3S. The van der Waals surface area contributed by atoms with E-state index in [0.717, 1.165) is 17.7 Å². The minimum absolute atomic E-state index is 0.000790. The van der Waals surface area contributed by atoms with E-state index >= 15 is 0 Å². The topological polar surface area (TPSA) is 100 Å². The molecule has 12 heteroatoms. The van der Waals surface area contributed by atoms with Crippen LogP contribution in [0.5, 0.6) is 0 Å². The number of sulfonamides is 1. The number of nitrogens with one attached hydrogen (secondary N) is 3. The molecule has 0 atom stereocenters. The molecule has 2 amide bonds. The van der Waals surface area contributed by atoms with Crippen LogP contribution in [-0.2, 0) is 22.7 Å². The Bertz CT molecular complexity index is 1060. The van der Waals surface area contributed by atoms with Gasteiger partial charge in [0, 0.05) is 31.5 Å². The molecule has 1 aliphatic carbocycles. The van der Waals surface area contributed by atoms with Crippen molar-refractivity contribution in [2.24, 2.45) is 5.92 Å². The number of carbonyl (C=O) groups excluding carboxylic acids is 1. The van der Waals surface area contributed by atoms with Crippen LogP contribution in [0.15, 0.2) is 47.6 Å². The summed E-state index contributed by atoms with van der Waals surface area (Å²) in [4.78, 5) is 15.5. The summed E-state index contributed by atoms with van der Waals surface area (Å²) in [5.74, 6) is 0.000790. The highest BCUT2D eigenvalue weighted by Crippen LogP contribution is 2.33. The molecule has 1 saturated carbocycles. The van der Waals surface area contributed by atoms with Crippen molar-refractivity contribution in [2.75, 3.05) is 6.54 Å². The molecule has 1 fully saturated rings. The van der Waals surface area contributed by atoms with Crippen LogP contribution in [-0.4, -0.2) is 32.0 Å². The molecule has 0 spiro atoms. The number of benzene rings is 1. The van der Waals surface area contributed by atoms with Crippen LogP contribution in [0.1, 0.15) is 36.8 Å². The van der Waals surface area contributed by atoms with Crippen LogP contribution < -0.4 is 15.4 Å². The predicted octanol–water partition coefficient (Wildman–Crippen LogP) is 4.09. The second kappa shape index (κ2) is 10.7. The zero-order valence-electron chi connectivity index (χ0n) is 17.5. The molecule has 3 rings (SSSR count). The van der Waals surface area contributed by atoms with E-state index in [1.165, 1.54) is 0 Å². The number of nitrogens with zero attached hydrogens (tertiary/aromatic N) is 1. The average Bonchev–Trinajstić information content (AvgIpc) is 2.77. The molecule has 1 aliphatic rings. The van der Waals surface area contributed by atoms with Gasteiger partial charge >= 0.3 is 12.2 Å². The standard InChI is InChI=1S/C21H24ClF3N4O3S/c22-18-8-5-16(21(23,24)25)10-19(18)33(31,32)28-13-14-3-6-17(7-4-14)29-20(30)27-12-15-2-1-9-26-11-15/h1-2,5,8-11,14,17,28H,3-4,6-7,12-13H2,(H2,27,29,30)/t14-,17-. The maximum atomic E-state index is 12.9. The fourth-order valence-electron chi connectivity index (χ4n) is 3.62. The molecule has 33 heavy (non-hydrogen) atoms. The summed E-state index contributed by atoms with van der Waals surface area (Å²) >= 11 is 5.85. The summed E-state index contributed by atoms with van der Waals surface area (Å²) in [5, 5.41) is 5.39. The lowest BCUT2D eigenvalue weighted by Crippen LogP contribution is -2.44. The van der Waals surface area contributed by atoms with Gasteiger partial charge in [0.15, 0.2) is 0 Å². The van der Waals surface area contributed by atoms with E-state index in [9.17, 15) is 26.4 Å². The third-order valence-electron chi connectivity index (χ3n) is 5.47. The summed E-state index contributed by atoms with van der Waals surface area (Å²) < 4.78 is 66.2. The second-order valence-corrected chi connectivity index (χ2v) is 10.0. The molecule has 0 saturated heterocycles. The number of alkyl halides is 3. The van der Waals surface area contributed by atoms with Crippen molar-refractivity contribution in [2.45, 2.75) is 49.3 Å². The second-order valence-electron chi connectivity index (χ2n) is 7.90. The van der Waals surface area contributed by atoms with E-state index in [1.807, 2.05) is 6.07 Å². The number of amides is 2. The Morgan fingerprint density at radius 3 is 2.52 bits per heavy atom. The van der Waals surface area contributed by atoms with Crippen LogP contribution in [0, 0.1) is 5.92 Å². The number of urea groups is 1. The number of pyridine rings is 1. The lowest BCUT2D eigenvalue weighted by molar-refractivity contribution is -0.137. The zero-order chi connectivity index (χ0) is 24.1. The Morgan fingerprint density at radius 1 is 1.15 bits per heavy atom. The highest BCUT2D eigenvalue weighted by atomic mass is 35.5. The molecule has 1 aromatic heterocycles. The maximum Gasteiger partial charge on any atom is 0.416 e. The minimum atomic E-state index is -4.68. The van der Waals surface area contributed by atoms with E-state index < -0.39 is 26.7 Å². The van der Waals surface area contributed by atoms with Gasteiger partial charge in [0.25, 0.3) is 0 Å². The first-order valence-corrected chi connectivity index (χ1v) is 12.2. The Kier molecular flexibility index (Phi) is 8.19. The Balaban J connectivity index is 1.46. The van der Waals surface area contributed by atoms with Gasteiger partial charge in [-0.2, -0.15) is 13.2 Å². The molecule has 1 heterocycles. The van der Waals surface area contributed by atoms with Gasteiger partial charge in [-0.25, -0.2) is 17.9 Å². The summed E-state index contributed by atoms with van der Waals surface area (Å²) in [7, 11) is -4.21. The summed E-state index contributed by atoms with van der Waals surface area (Å²) in [6, 6.07) is 5.51. The average molecular weight is 505 g/mol. The van der Waals surface area contributed by atoms with Gasteiger partial charge in [0.05, 0.1) is 10.6 Å². The molecule has 1 aromatic carbocycles. The van der Waals surface area contributed by atoms with Crippen molar-refractivity contribution >= 4 is 27.7 Å². The van der Waals surface area contributed by atoms with Crippen LogP contribution in [0.25, 0.3) is 0 Å². The van der Waals surface area contributed by atoms with E-state index in [-0.39, 0.29) is 29.6 Å². The highest BCUT2D eigenvalue weighted by Gasteiger charge is 2.33. The molecule has 0 unspecified atom stereocenters. The van der Waals surface area contributed by atoms with Crippen molar-refractivity contribution < 1.29 is 26.4 Å². The number of hydrogen-bond donors (Lipinski definition) is 3. The maximum absolute atomic E-state index is 12.9. The zero-order valence-corrected chi connectivity index (χ0v) is 19.1. The molecule has 0 radical (unpaired) electrons. The number of hydrogen-bond acceptors (Lipinski definition) is 4. The largest absolute Gasteiger partial charge is 0.416 e. The van der Waals surface area contributed by atoms with Crippen LogP contribution in [0.3, 0.4) is 0 Å². The third kappa shape index (κ3) is 7.31. The molecule has 180 valence electrons. The molecule has 7 nitrogen and oxygen atoms in total. The van der Waals surface area contributed by atoms with Crippen molar-refractivity contribution in [3.8, 4) is 0 Å². The molecule has 3 N–H and O–H groups in total. The van der Waals surface area contributed by atoms with Crippen molar-refractivity contribution in [1.29, 1.82) is 0 Å². The highest BCUT2D eigenvalue weighted by molar-refractivity contribution is 7.89. The van der Waals surface area contributed by atoms with Gasteiger partial charge < -0.3 is 10.6 Å². The molecule has 0 aliphatic heterocycles. The summed E-state index contributed by atoms with van der Waals surface area (Å²) in [5.41, 5.74) is -0.204. The number of aromatic nitrogens is 1. The lowest BCUT2D eigenvalue weighted by atomic mass is 9.86. The van der Waals surface area contributed by atoms with Gasteiger partial charge in [-0.05, 0) is 61.4 Å².